The Morgan fingerprint density at radius 1 is 1.26 bits per heavy atom. The summed E-state index contributed by atoms with van der Waals surface area (Å²) < 4.78 is 55.9. The van der Waals surface area contributed by atoms with Crippen LogP contribution >= 0.6 is 23.6 Å². The number of nitrogens with one attached hydrogen (secondary N) is 4. The number of amides is 2. The lowest BCUT2D eigenvalue weighted by Crippen LogP contribution is -2.41. The highest BCUT2D eigenvalue weighted by molar-refractivity contribution is 7.80. The molecule has 0 bridgehead atoms. The average Bonchev–Trinajstić information content (AvgIpc) is 3.72. The van der Waals surface area contributed by atoms with E-state index in [0.29, 0.717) is 42.3 Å². The summed E-state index contributed by atoms with van der Waals surface area (Å²) in [6.07, 6.45) is -1.93. The van der Waals surface area contributed by atoms with Gasteiger partial charge >= 0.3 is 6.36 Å². The van der Waals surface area contributed by atoms with E-state index < -0.39 is 30.2 Å². The Morgan fingerprint density at radius 2 is 2.00 bits per heavy atom. The van der Waals surface area contributed by atoms with Gasteiger partial charge in [0, 0.05) is 30.6 Å². The van der Waals surface area contributed by atoms with E-state index in [9.17, 15) is 27.2 Å². The Kier molecular flexibility index (Phi) is 7.24. The minimum absolute atomic E-state index is 0.172. The lowest BCUT2D eigenvalue weighted by molar-refractivity contribution is -0.276. The lowest BCUT2D eigenvalue weighted by atomic mass is 9.91. The predicted octanol–water partition coefficient (Wildman–Crippen LogP) is 3.66. The van der Waals surface area contributed by atoms with E-state index >= 15 is 0 Å². The van der Waals surface area contributed by atoms with Crippen LogP contribution in [-0.4, -0.2) is 51.8 Å². The highest BCUT2D eigenvalue weighted by Gasteiger charge is 2.44. The molecule has 206 valence electrons. The molecule has 0 radical (unpaired) electrons. The van der Waals surface area contributed by atoms with Crippen LogP contribution in [0.15, 0.2) is 6.07 Å². The number of rotatable bonds is 8. The Labute approximate surface area is 224 Å². The molecule has 2 heterocycles. The largest absolute Gasteiger partial charge is 0.574 e. The molecule has 1 unspecified atom stereocenters. The summed E-state index contributed by atoms with van der Waals surface area (Å²) in [5.41, 5.74) is 1.21. The number of thiophene rings is 1. The number of ether oxygens (including phenoxy) is 1. The second-order valence-electron chi connectivity index (χ2n) is 9.79. The van der Waals surface area contributed by atoms with Crippen molar-refractivity contribution in [1.29, 1.82) is 0 Å². The molecule has 2 fully saturated rings. The van der Waals surface area contributed by atoms with Crippen molar-refractivity contribution >= 4 is 51.3 Å². The van der Waals surface area contributed by atoms with Crippen LogP contribution in [0.3, 0.4) is 0 Å². The van der Waals surface area contributed by atoms with Gasteiger partial charge in [-0.3, -0.25) is 9.59 Å². The molecule has 2 aromatic heterocycles. The van der Waals surface area contributed by atoms with E-state index in [1.54, 1.807) is 0 Å². The molecule has 0 spiro atoms. The first-order chi connectivity index (χ1) is 18.0. The molecule has 0 aromatic carbocycles. The Morgan fingerprint density at radius 3 is 2.66 bits per heavy atom. The smallest absolute Gasteiger partial charge is 0.386 e. The first-order valence-corrected chi connectivity index (χ1v) is 13.4. The Balaban J connectivity index is 1.27. The van der Waals surface area contributed by atoms with Crippen molar-refractivity contribution in [3.8, 4) is 5.88 Å². The highest BCUT2D eigenvalue weighted by Crippen LogP contribution is 2.41. The third-order valence-corrected chi connectivity index (χ3v) is 8.10. The van der Waals surface area contributed by atoms with Crippen LogP contribution in [-0.2, 0) is 24.7 Å². The maximum absolute atomic E-state index is 13.4. The van der Waals surface area contributed by atoms with E-state index in [1.807, 2.05) is 0 Å². The van der Waals surface area contributed by atoms with Gasteiger partial charge in [0.05, 0.1) is 11.5 Å². The molecular formula is C23H26F4N6O3S2. The van der Waals surface area contributed by atoms with Gasteiger partial charge in [0.2, 0.25) is 11.8 Å². The number of fused-ring (bicyclic) bond motifs is 1. The van der Waals surface area contributed by atoms with E-state index in [1.165, 1.54) is 23.1 Å². The number of aromatic nitrogens is 2. The fourth-order valence-electron chi connectivity index (χ4n) is 4.39. The molecule has 4 N–H and O–H groups in total. The molecule has 2 amide bonds. The summed E-state index contributed by atoms with van der Waals surface area (Å²) in [4.78, 5) is 26.6. The summed E-state index contributed by atoms with van der Waals surface area (Å²) in [5, 5.41) is 16.0. The zero-order chi connectivity index (χ0) is 27.2. The van der Waals surface area contributed by atoms with Crippen LogP contribution in [0.5, 0.6) is 5.88 Å². The Bertz CT molecular complexity index is 1260. The summed E-state index contributed by atoms with van der Waals surface area (Å²) in [7, 11) is 1.45. The summed E-state index contributed by atoms with van der Waals surface area (Å²) in [5.74, 6) is -1.32. The maximum Gasteiger partial charge on any atom is 0.574 e. The van der Waals surface area contributed by atoms with Gasteiger partial charge in [-0.15, -0.1) is 29.6 Å². The second-order valence-corrected chi connectivity index (χ2v) is 11.3. The van der Waals surface area contributed by atoms with Crippen LogP contribution in [0, 0.1) is 11.8 Å². The molecule has 9 nitrogen and oxygen atoms in total. The van der Waals surface area contributed by atoms with Gasteiger partial charge < -0.3 is 26.0 Å². The van der Waals surface area contributed by atoms with Gasteiger partial charge in [0.1, 0.15) is 17.0 Å². The number of carbonyl (C=O) groups is 2. The summed E-state index contributed by atoms with van der Waals surface area (Å²) in [6, 6.07) is 0.909. The topological polar surface area (TPSA) is 109 Å². The third-order valence-electron chi connectivity index (χ3n) is 6.68. The minimum atomic E-state index is -4.86. The number of thiocarbonyl (C=S) groups is 1. The van der Waals surface area contributed by atoms with Crippen LogP contribution < -0.4 is 26.0 Å². The SMILES string of the molecule is Cn1nc(OC(F)(F)F)cc1NC(=S)NC1CCc2sc(NC(=O)[C@H]3C[C@H]3F)c(C(=O)NCC3CC3)c2C1. The third kappa shape index (κ3) is 6.37. The van der Waals surface area contributed by atoms with Crippen molar-refractivity contribution < 1.29 is 31.9 Å². The molecule has 0 aliphatic heterocycles. The lowest BCUT2D eigenvalue weighted by Gasteiger charge is -2.25. The van der Waals surface area contributed by atoms with Gasteiger partial charge in [-0.05, 0) is 62.2 Å². The molecule has 15 heteroatoms. The average molecular weight is 575 g/mol. The van der Waals surface area contributed by atoms with Gasteiger partial charge in [0.25, 0.3) is 5.91 Å². The van der Waals surface area contributed by atoms with Crippen molar-refractivity contribution in [3.63, 3.8) is 0 Å². The van der Waals surface area contributed by atoms with Crippen LogP contribution in [0.1, 0.15) is 46.5 Å². The first-order valence-electron chi connectivity index (χ1n) is 12.2. The van der Waals surface area contributed by atoms with Crippen LogP contribution in [0.4, 0.5) is 28.4 Å². The Hall–Kier alpha value is -2.94. The second kappa shape index (κ2) is 10.3. The van der Waals surface area contributed by atoms with Crippen molar-refractivity contribution in [2.75, 3.05) is 17.2 Å². The van der Waals surface area contributed by atoms with Gasteiger partial charge in [-0.25, -0.2) is 9.07 Å². The van der Waals surface area contributed by atoms with Crippen molar-refractivity contribution in [1.82, 2.24) is 20.4 Å². The minimum Gasteiger partial charge on any atom is -0.386 e. The number of hydrogen-bond acceptors (Lipinski definition) is 6. The number of carbonyl (C=O) groups excluding carboxylic acids is 2. The molecule has 3 aliphatic carbocycles. The van der Waals surface area contributed by atoms with E-state index in [-0.39, 0.29) is 29.3 Å². The number of hydrogen-bond donors (Lipinski definition) is 4. The standard InChI is InChI=1S/C23H26F4N6O3S2/c1-33-16(8-17(32-33)36-23(25,26)27)30-22(37)29-11-4-5-15-13(6-11)18(20(35)28-9-10-2-3-10)21(38-15)31-19(34)12-7-14(12)24/h8,10-12,14H,2-7,9H2,1H3,(H,28,35)(H,31,34)(H2,29,30,37)/t11?,12-,14+/m0/s1. The fraction of sp³-hybridized carbons (Fsp3) is 0.565. The summed E-state index contributed by atoms with van der Waals surface area (Å²) >= 11 is 6.71. The fourth-order valence-corrected chi connectivity index (χ4v) is 5.90. The molecular weight excluding hydrogens is 548 g/mol. The molecule has 2 aromatic rings. The van der Waals surface area contributed by atoms with E-state index in [4.69, 9.17) is 12.2 Å². The van der Waals surface area contributed by atoms with E-state index in [2.05, 4.69) is 31.1 Å². The zero-order valence-electron chi connectivity index (χ0n) is 20.3. The van der Waals surface area contributed by atoms with E-state index in [0.717, 1.165) is 29.3 Å². The monoisotopic (exact) mass is 574 g/mol. The number of alkyl halides is 4. The van der Waals surface area contributed by atoms with Crippen molar-refractivity contribution in [3.05, 3.63) is 22.1 Å². The zero-order valence-corrected chi connectivity index (χ0v) is 21.9. The maximum atomic E-state index is 13.4. The molecule has 0 saturated heterocycles. The van der Waals surface area contributed by atoms with Gasteiger partial charge in [-0.1, -0.05) is 0 Å². The van der Waals surface area contributed by atoms with Crippen LogP contribution in [0.25, 0.3) is 0 Å². The quantitative estimate of drug-likeness (QED) is 0.282. The van der Waals surface area contributed by atoms with Gasteiger partial charge in [0.15, 0.2) is 5.11 Å². The van der Waals surface area contributed by atoms with Crippen LogP contribution in [0.2, 0.25) is 0 Å². The number of aryl methyl sites for hydroxylation is 2. The summed E-state index contributed by atoms with van der Waals surface area (Å²) in [6.45, 7) is 0.562. The number of nitrogens with zero attached hydrogens (tertiary/aromatic N) is 2. The highest BCUT2D eigenvalue weighted by atomic mass is 32.1. The number of halogens is 4. The molecule has 5 rings (SSSR count). The normalized spacial score (nSPS) is 22.3. The molecule has 3 aliphatic rings. The molecule has 38 heavy (non-hydrogen) atoms. The first kappa shape index (κ1) is 26.7. The number of anilines is 2. The molecule has 2 saturated carbocycles. The molecule has 3 atom stereocenters. The van der Waals surface area contributed by atoms with Crippen molar-refractivity contribution in [2.24, 2.45) is 18.9 Å². The van der Waals surface area contributed by atoms with Crippen molar-refractivity contribution in [2.45, 2.75) is 57.1 Å². The van der Waals surface area contributed by atoms with Gasteiger partial charge in [-0.2, -0.15) is 0 Å². The predicted molar refractivity (Wildman–Crippen MR) is 136 cm³/mol.